The van der Waals surface area contributed by atoms with Crippen molar-refractivity contribution in [3.8, 4) is 0 Å². The molecular formula is C11H14F2N2O2S. The lowest BCUT2D eigenvalue weighted by Gasteiger charge is -2.13. The lowest BCUT2D eigenvalue weighted by molar-refractivity contribution is -0.148. The van der Waals surface area contributed by atoms with Crippen molar-refractivity contribution < 1.29 is 18.3 Å². The number of rotatable bonds is 2. The number of anilines is 1. The maximum Gasteiger partial charge on any atom is 0.309 e. The average Bonchev–Trinajstić information content (AvgIpc) is 2.61. The Morgan fingerprint density at radius 3 is 3.06 bits per heavy atom. The highest BCUT2D eigenvalue weighted by Crippen LogP contribution is 2.42. The zero-order valence-electron chi connectivity index (χ0n) is 9.91. The smallest absolute Gasteiger partial charge is 0.309 e. The molecule has 1 aromatic rings. The first-order chi connectivity index (χ1) is 8.44. The first kappa shape index (κ1) is 13.2. The van der Waals surface area contributed by atoms with Crippen LogP contribution in [-0.2, 0) is 21.9 Å². The van der Waals surface area contributed by atoms with Crippen molar-refractivity contribution in [2.75, 3.05) is 12.3 Å². The van der Waals surface area contributed by atoms with E-state index in [1.165, 1.54) is 0 Å². The summed E-state index contributed by atoms with van der Waals surface area (Å²) in [6.07, 6.45) is -0.0555. The van der Waals surface area contributed by atoms with Crippen LogP contribution in [0.25, 0.3) is 0 Å². The molecule has 0 aromatic carbocycles. The van der Waals surface area contributed by atoms with Gasteiger partial charge < -0.3 is 10.5 Å². The predicted octanol–water partition coefficient (Wildman–Crippen LogP) is 2.33. The SMILES string of the molecule is CCOC(=O)C1CCC(F)(F)c2nc(N)sc2C1. The molecule has 0 radical (unpaired) electrons. The van der Waals surface area contributed by atoms with Gasteiger partial charge in [0, 0.05) is 11.3 Å². The van der Waals surface area contributed by atoms with E-state index < -0.39 is 24.2 Å². The van der Waals surface area contributed by atoms with Crippen LogP contribution in [0.15, 0.2) is 0 Å². The fourth-order valence-electron chi connectivity index (χ4n) is 2.06. The molecule has 2 N–H and O–H groups in total. The molecule has 1 aliphatic rings. The molecule has 1 unspecified atom stereocenters. The predicted molar refractivity (Wildman–Crippen MR) is 63.5 cm³/mol. The zero-order valence-corrected chi connectivity index (χ0v) is 10.7. The molecule has 0 saturated carbocycles. The second-order valence-electron chi connectivity index (χ2n) is 4.22. The number of alkyl halides is 2. The van der Waals surface area contributed by atoms with Crippen molar-refractivity contribution in [1.82, 2.24) is 4.98 Å². The van der Waals surface area contributed by atoms with E-state index in [9.17, 15) is 13.6 Å². The minimum Gasteiger partial charge on any atom is -0.466 e. The standard InChI is InChI=1S/C11H14F2N2O2S/c1-2-17-9(16)6-3-4-11(12,13)8-7(5-6)18-10(14)15-8/h6H,2-5H2,1H3,(H2,14,15). The Morgan fingerprint density at radius 2 is 2.39 bits per heavy atom. The number of thiazole rings is 1. The summed E-state index contributed by atoms with van der Waals surface area (Å²) in [6, 6.07) is 0. The molecule has 7 heteroatoms. The Labute approximate surface area is 107 Å². The summed E-state index contributed by atoms with van der Waals surface area (Å²) in [6.45, 7) is 1.95. The fourth-order valence-corrected chi connectivity index (χ4v) is 3.02. The molecule has 2 rings (SSSR count). The molecule has 1 heterocycles. The third kappa shape index (κ3) is 2.45. The Balaban J connectivity index is 2.28. The van der Waals surface area contributed by atoms with Gasteiger partial charge in [0.2, 0.25) is 0 Å². The highest BCUT2D eigenvalue weighted by Gasteiger charge is 2.42. The second-order valence-corrected chi connectivity index (χ2v) is 5.34. The van der Waals surface area contributed by atoms with Crippen molar-refractivity contribution >= 4 is 22.4 Å². The van der Waals surface area contributed by atoms with Gasteiger partial charge in [-0.2, -0.15) is 8.78 Å². The van der Waals surface area contributed by atoms with Gasteiger partial charge >= 0.3 is 5.97 Å². The maximum atomic E-state index is 13.8. The van der Waals surface area contributed by atoms with Crippen LogP contribution in [0, 0.1) is 5.92 Å². The van der Waals surface area contributed by atoms with E-state index in [1.54, 1.807) is 6.92 Å². The van der Waals surface area contributed by atoms with Crippen molar-refractivity contribution in [1.29, 1.82) is 0 Å². The quantitative estimate of drug-likeness (QED) is 0.665. The van der Waals surface area contributed by atoms with E-state index in [0.29, 0.717) is 4.88 Å². The van der Waals surface area contributed by atoms with Gasteiger partial charge in [0.15, 0.2) is 5.13 Å². The molecular weight excluding hydrogens is 262 g/mol. The van der Waals surface area contributed by atoms with E-state index in [0.717, 1.165) is 11.3 Å². The summed E-state index contributed by atoms with van der Waals surface area (Å²) in [4.78, 5) is 15.8. The van der Waals surface area contributed by atoms with E-state index in [-0.39, 0.29) is 30.3 Å². The van der Waals surface area contributed by atoms with Gasteiger partial charge in [0.1, 0.15) is 5.69 Å². The first-order valence-electron chi connectivity index (χ1n) is 5.74. The van der Waals surface area contributed by atoms with Crippen LogP contribution in [0.4, 0.5) is 13.9 Å². The average molecular weight is 276 g/mol. The number of halogens is 2. The van der Waals surface area contributed by atoms with Crippen molar-refractivity contribution in [2.24, 2.45) is 5.92 Å². The lowest BCUT2D eigenvalue weighted by atomic mass is 10.0. The Morgan fingerprint density at radius 1 is 1.67 bits per heavy atom. The molecule has 0 fully saturated rings. The maximum absolute atomic E-state index is 13.8. The zero-order chi connectivity index (χ0) is 13.3. The number of hydrogen-bond acceptors (Lipinski definition) is 5. The topological polar surface area (TPSA) is 65.2 Å². The Hall–Kier alpha value is -1.24. The summed E-state index contributed by atoms with van der Waals surface area (Å²) in [5.74, 6) is -3.96. The van der Waals surface area contributed by atoms with Crippen LogP contribution in [-0.4, -0.2) is 17.6 Å². The lowest BCUT2D eigenvalue weighted by Crippen LogP contribution is -2.20. The number of carbonyl (C=O) groups is 1. The molecule has 1 atom stereocenters. The van der Waals surface area contributed by atoms with Crippen LogP contribution in [0.2, 0.25) is 0 Å². The minimum absolute atomic E-state index is 0.106. The van der Waals surface area contributed by atoms with Crippen LogP contribution in [0.3, 0.4) is 0 Å². The molecule has 0 amide bonds. The monoisotopic (exact) mass is 276 g/mol. The Kier molecular flexibility index (Phi) is 3.52. The van der Waals surface area contributed by atoms with Crippen LogP contribution < -0.4 is 5.73 Å². The third-order valence-electron chi connectivity index (χ3n) is 2.92. The summed E-state index contributed by atoms with van der Waals surface area (Å²) >= 11 is 1.02. The Bertz CT molecular complexity index is 462. The van der Waals surface area contributed by atoms with Gasteiger partial charge in [-0.05, 0) is 19.8 Å². The fraction of sp³-hybridized carbons (Fsp3) is 0.636. The number of hydrogen-bond donors (Lipinski definition) is 1. The minimum atomic E-state index is -3.01. The van der Waals surface area contributed by atoms with Gasteiger partial charge in [0.05, 0.1) is 12.5 Å². The van der Waals surface area contributed by atoms with Crippen LogP contribution in [0.5, 0.6) is 0 Å². The number of nitrogens with two attached hydrogens (primary N) is 1. The summed E-state index contributed by atoms with van der Waals surface area (Å²) in [7, 11) is 0. The number of nitrogens with zero attached hydrogens (tertiary/aromatic N) is 1. The summed E-state index contributed by atoms with van der Waals surface area (Å²) in [5, 5.41) is 0.115. The molecule has 18 heavy (non-hydrogen) atoms. The highest BCUT2D eigenvalue weighted by molar-refractivity contribution is 7.15. The number of nitrogen functional groups attached to an aromatic ring is 1. The van der Waals surface area contributed by atoms with Gasteiger partial charge in [0.25, 0.3) is 5.92 Å². The van der Waals surface area contributed by atoms with Gasteiger partial charge in [-0.25, -0.2) is 4.98 Å². The summed E-state index contributed by atoms with van der Waals surface area (Å²) < 4.78 is 32.6. The van der Waals surface area contributed by atoms with Gasteiger partial charge in [-0.1, -0.05) is 0 Å². The van der Waals surface area contributed by atoms with Gasteiger partial charge in [-0.3, -0.25) is 4.79 Å². The number of aromatic nitrogens is 1. The molecule has 100 valence electrons. The van der Waals surface area contributed by atoms with E-state index >= 15 is 0 Å². The number of ether oxygens (including phenoxy) is 1. The third-order valence-corrected chi connectivity index (χ3v) is 3.83. The molecule has 1 aromatic heterocycles. The van der Waals surface area contributed by atoms with Crippen molar-refractivity contribution in [2.45, 2.75) is 32.1 Å². The number of esters is 1. The van der Waals surface area contributed by atoms with Crippen molar-refractivity contribution in [3.05, 3.63) is 10.6 Å². The number of fused-ring (bicyclic) bond motifs is 1. The van der Waals surface area contributed by atoms with Gasteiger partial charge in [-0.15, -0.1) is 11.3 Å². The van der Waals surface area contributed by atoms with E-state index in [1.807, 2.05) is 0 Å². The number of carbonyl (C=O) groups excluding carboxylic acids is 1. The molecule has 1 aliphatic carbocycles. The van der Waals surface area contributed by atoms with E-state index in [4.69, 9.17) is 10.5 Å². The molecule has 0 bridgehead atoms. The van der Waals surface area contributed by atoms with Crippen molar-refractivity contribution in [3.63, 3.8) is 0 Å². The normalized spacial score (nSPS) is 22.1. The molecule has 0 saturated heterocycles. The van der Waals surface area contributed by atoms with E-state index in [2.05, 4.69) is 4.98 Å². The molecule has 0 aliphatic heterocycles. The second kappa shape index (κ2) is 4.79. The van der Waals surface area contributed by atoms with Crippen LogP contribution >= 0.6 is 11.3 Å². The largest absolute Gasteiger partial charge is 0.466 e. The first-order valence-corrected chi connectivity index (χ1v) is 6.55. The highest BCUT2D eigenvalue weighted by atomic mass is 32.1. The summed E-state index contributed by atoms with van der Waals surface area (Å²) in [5.41, 5.74) is 5.20. The molecule has 4 nitrogen and oxygen atoms in total. The van der Waals surface area contributed by atoms with Crippen LogP contribution in [0.1, 0.15) is 30.3 Å². The molecule has 0 spiro atoms.